The topological polar surface area (TPSA) is 30.2 Å². The second kappa shape index (κ2) is 2.57. The van der Waals surface area contributed by atoms with Crippen LogP contribution in [0.2, 0.25) is 0 Å². The van der Waals surface area contributed by atoms with Gasteiger partial charge in [0.1, 0.15) is 0 Å². The first-order chi connectivity index (χ1) is 5.29. The molecule has 2 aromatic heterocycles. The summed E-state index contributed by atoms with van der Waals surface area (Å²) in [6, 6.07) is 1.85. The van der Waals surface area contributed by atoms with Crippen LogP contribution in [-0.4, -0.2) is 14.4 Å². The highest BCUT2D eigenvalue weighted by Gasteiger charge is 2.05. The second-order valence-electron chi connectivity index (χ2n) is 1.98. The average Bonchev–Trinajstić information content (AvgIpc) is 2.30. The molecule has 0 aliphatic rings. The Morgan fingerprint density at radius 3 is 2.91 bits per heavy atom. The van der Waals surface area contributed by atoms with Crippen molar-refractivity contribution in [1.29, 1.82) is 0 Å². The van der Waals surface area contributed by atoms with Crippen LogP contribution in [0.1, 0.15) is 0 Å². The summed E-state index contributed by atoms with van der Waals surface area (Å²) < 4.78 is 3.36. The van der Waals surface area contributed by atoms with Crippen LogP contribution in [0.5, 0.6) is 0 Å². The van der Waals surface area contributed by atoms with Crippen molar-refractivity contribution in [2.24, 2.45) is 0 Å². The minimum absolute atomic E-state index is 0.755. The fraction of sp³-hybridized carbons (Fsp3) is 0. The van der Waals surface area contributed by atoms with E-state index in [4.69, 9.17) is 0 Å². The van der Waals surface area contributed by atoms with Gasteiger partial charge in [-0.1, -0.05) is 0 Å². The third kappa shape index (κ3) is 1.08. The Morgan fingerprint density at radius 2 is 2.18 bits per heavy atom. The standard InChI is InChI=1S/C6H3Br2N3/c7-4-5-9-2-1-3-11(5)6(8)10-4/h1-3H. The average molecular weight is 277 g/mol. The Bertz CT molecular complexity index is 360. The van der Waals surface area contributed by atoms with Crippen molar-refractivity contribution < 1.29 is 0 Å². The molecule has 0 amide bonds. The highest BCUT2D eigenvalue weighted by Crippen LogP contribution is 2.19. The quantitative estimate of drug-likeness (QED) is 0.739. The molecular weight excluding hydrogens is 274 g/mol. The van der Waals surface area contributed by atoms with E-state index in [1.165, 1.54) is 0 Å². The lowest BCUT2D eigenvalue weighted by molar-refractivity contribution is 1.07. The van der Waals surface area contributed by atoms with Crippen molar-refractivity contribution in [2.45, 2.75) is 0 Å². The molecule has 0 radical (unpaired) electrons. The number of hydrogen-bond acceptors (Lipinski definition) is 2. The SMILES string of the molecule is Brc1nc(Br)n2cccnc12. The van der Waals surface area contributed by atoms with Crippen molar-refractivity contribution in [3.05, 3.63) is 27.8 Å². The lowest BCUT2D eigenvalue weighted by Crippen LogP contribution is -1.84. The van der Waals surface area contributed by atoms with Gasteiger partial charge in [-0.05, 0) is 37.9 Å². The normalized spacial score (nSPS) is 10.7. The molecule has 11 heavy (non-hydrogen) atoms. The maximum Gasteiger partial charge on any atom is 0.184 e. The number of halogens is 2. The van der Waals surface area contributed by atoms with Gasteiger partial charge >= 0.3 is 0 Å². The van der Waals surface area contributed by atoms with Crippen molar-refractivity contribution in [1.82, 2.24) is 14.4 Å². The summed E-state index contributed by atoms with van der Waals surface area (Å²) in [6.07, 6.45) is 3.62. The van der Waals surface area contributed by atoms with Gasteiger partial charge in [-0.25, -0.2) is 9.97 Å². The number of fused-ring (bicyclic) bond motifs is 1. The van der Waals surface area contributed by atoms with Crippen molar-refractivity contribution in [3.8, 4) is 0 Å². The smallest absolute Gasteiger partial charge is 0.184 e. The second-order valence-corrected chi connectivity index (χ2v) is 3.45. The number of rotatable bonds is 0. The zero-order valence-corrected chi connectivity index (χ0v) is 8.50. The van der Waals surface area contributed by atoms with Gasteiger partial charge in [-0.3, -0.25) is 4.40 Å². The summed E-state index contributed by atoms with van der Waals surface area (Å²) >= 11 is 6.59. The van der Waals surface area contributed by atoms with Gasteiger partial charge in [-0.2, -0.15) is 0 Å². The van der Waals surface area contributed by atoms with E-state index >= 15 is 0 Å². The first-order valence-electron chi connectivity index (χ1n) is 2.93. The van der Waals surface area contributed by atoms with Gasteiger partial charge in [0.2, 0.25) is 0 Å². The van der Waals surface area contributed by atoms with Gasteiger partial charge in [0, 0.05) is 12.4 Å². The van der Waals surface area contributed by atoms with Crippen LogP contribution in [0.4, 0.5) is 0 Å². The van der Waals surface area contributed by atoms with Gasteiger partial charge < -0.3 is 0 Å². The summed E-state index contributed by atoms with van der Waals surface area (Å²) in [5.41, 5.74) is 0.819. The summed E-state index contributed by atoms with van der Waals surface area (Å²) in [5, 5.41) is 0. The van der Waals surface area contributed by atoms with E-state index in [1.807, 2.05) is 16.7 Å². The van der Waals surface area contributed by atoms with E-state index in [1.54, 1.807) is 6.20 Å². The van der Waals surface area contributed by atoms with Crippen LogP contribution in [0.25, 0.3) is 5.65 Å². The molecule has 0 saturated carbocycles. The van der Waals surface area contributed by atoms with E-state index in [0.29, 0.717) is 0 Å². The molecule has 0 spiro atoms. The lowest BCUT2D eigenvalue weighted by Gasteiger charge is -1.90. The summed E-state index contributed by atoms with van der Waals surface area (Å²) in [4.78, 5) is 8.25. The van der Waals surface area contributed by atoms with Crippen molar-refractivity contribution >= 4 is 37.5 Å². The molecule has 0 bridgehead atoms. The van der Waals surface area contributed by atoms with Crippen LogP contribution < -0.4 is 0 Å². The minimum Gasteiger partial charge on any atom is -0.278 e. The van der Waals surface area contributed by atoms with Crippen molar-refractivity contribution in [2.75, 3.05) is 0 Å². The highest BCUT2D eigenvalue weighted by molar-refractivity contribution is 9.11. The zero-order chi connectivity index (χ0) is 7.84. The molecule has 2 rings (SSSR count). The maximum absolute atomic E-state index is 4.13. The Hall–Kier alpha value is -0.420. The number of imidazole rings is 1. The van der Waals surface area contributed by atoms with Crippen LogP contribution in [0, 0.1) is 0 Å². The molecule has 2 heterocycles. The van der Waals surface area contributed by atoms with Gasteiger partial charge in [0.15, 0.2) is 15.0 Å². The molecular formula is C6H3Br2N3. The monoisotopic (exact) mass is 275 g/mol. The third-order valence-electron chi connectivity index (χ3n) is 1.32. The molecule has 0 unspecified atom stereocenters. The van der Waals surface area contributed by atoms with Crippen molar-refractivity contribution in [3.63, 3.8) is 0 Å². The Balaban J connectivity index is 2.95. The van der Waals surface area contributed by atoms with Crippen LogP contribution in [-0.2, 0) is 0 Å². The zero-order valence-electron chi connectivity index (χ0n) is 5.33. The summed E-state index contributed by atoms with van der Waals surface area (Å²) in [6.45, 7) is 0. The maximum atomic E-state index is 4.13. The Morgan fingerprint density at radius 1 is 1.36 bits per heavy atom. The largest absolute Gasteiger partial charge is 0.278 e. The van der Waals surface area contributed by atoms with Crippen LogP contribution >= 0.6 is 31.9 Å². The fourth-order valence-corrected chi connectivity index (χ4v) is 2.02. The molecule has 0 aliphatic heterocycles. The van der Waals surface area contributed by atoms with E-state index < -0.39 is 0 Å². The van der Waals surface area contributed by atoms with Gasteiger partial charge in [0.25, 0.3) is 0 Å². The molecule has 56 valence electrons. The van der Waals surface area contributed by atoms with Gasteiger partial charge in [0.05, 0.1) is 0 Å². The summed E-state index contributed by atoms with van der Waals surface area (Å²) in [5.74, 6) is 0. The molecule has 0 aromatic carbocycles. The molecule has 5 heteroatoms. The molecule has 0 N–H and O–H groups in total. The van der Waals surface area contributed by atoms with E-state index in [2.05, 4.69) is 41.8 Å². The first-order valence-corrected chi connectivity index (χ1v) is 4.52. The fourth-order valence-electron chi connectivity index (χ4n) is 0.857. The van der Waals surface area contributed by atoms with Crippen LogP contribution in [0.3, 0.4) is 0 Å². The number of hydrogen-bond donors (Lipinski definition) is 0. The van der Waals surface area contributed by atoms with E-state index in [-0.39, 0.29) is 0 Å². The molecule has 0 aliphatic carbocycles. The highest BCUT2D eigenvalue weighted by atomic mass is 79.9. The van der Waals surface area contributed by atoms with E-state index in [9.17, 15) is 0 Å². The number of nitrogens with zero attached hydrogens (tertiary/aromatic N) is 3. The lowest BCUT2D eigenvalue weighted by atomic mass is 10.6. The van der Waals surface area contributed by atoms with E-state index in [0.717, 1.165) is 15.0 Å². The predicted molar refractivity (Wildman–Crippen MR) is 48.4 cm³/mol. The Kier molecular flexibility index (Phi) is 1.69. The molecule has 0 atom stereocenters. The molecule has 0 fully saturated rings. The third-order valence-corrected chi connectivity index (χ3v) is 2.41. The summed E-state index contributed by atoms with van der Waals surface area (Å²) in [7, 11) is 0. The Labute approximate surface area is 79.7 Å². The van der Waals surface area contributed by atoms with Crippen LogP contribution in [0.15, 0.2) is 27.8 Å². The van der Waals surface area contributed by atoms with Gasteiger partial charge in [-0.15, -0.1) is 0 Å². The minimum atomic E-state index is 0.755. The number of aromatic nitrogens is 3. The molecule has 2 aromatic rings. The molecule has 3 nitrogen and oxygen atoms in total. The predicted octanol–water partition coefficient (Wildman–Crippen LogP) is 2.25. The molecule has 0 saturated heterocycles. The first kappa shape index (κ1) is 7.24.